The van der Waals surface area contributed by atoms with Crippen LogP contribution >= 0.6 is 0 Å². The fraction of sp³-hybridized carbons (Fsp3) is 0.667. The number of cyclic esters (lactones) is 1. The van der Waals surface area contributed by atoms with E-state index in [1.807, 2.05) is 6.92 Å². The van der Waals surface area contributed by atoms with Crippen molar-refractivity contribution in [3.63, 3.8) is 0 Å². The fourth-order valence-electron chi connectivity index (χ4n) is 4.79. The zero-order chi connectivity index (χ0) is 15.6. The monoisotopic (exact) mass is 302 g/mol. The molecule has 0 saturated heterocycles. The van der Waals surface area contributed by atoms with Crippen LogP contribution in [-0.2, 0) is 19.1 Å². The average Bonchev–Trinajstić information content (AvgIpc) is 2.75. The number of esters is 1. The van der Waals surface area contributed by atoms with E-state index in [2.05, 4.69) is 13.0 Å². The first-order valence-electron chi connectivity index (χ1n) is 8.31. The number of rotatable bonds is 0. The van der Waals surface area contributed by atoms with E-state index < -0.39 is 17.5 Å². The maximum atomic E-state index is 13.3. The first-order chi connectivity index (χ1) is 10.4. The summed E-state index contributed by atoms with van der Waals surface area (Å²) in [7, 11) is 0. The maximum absolute atomic E-state index is 13.3. The lowest BCUT2D eigenvalue weighted by Gasteiger charge is -2.48. The van der Waals surface area contributed by atoms with Gasteiger partial charge >= 0.3 is 5.97 Å². The Hall–Kier alpha value is -1.58. The summed E-state index contributed by atoms with van der Waals surface area (Å²) < 4.78 is 11.4. The molecule has 4 rings (SSSR count). The van der Waals surface area contributed by atoms with Gasteiger partial charge in [0.1, 0.15) is 11.7 Å². The third-order valence-electron chi connectivity index (χ3n) is 6.28. The van der Waals surface area contributed by atoms with E-state index in [4.69, 9.17) is 9.47 Å². The molecule has 118 valence electrons. The Morgan fingerprint density at radius 1 is 1.18 bits per heavy atom. The van der Waals surface area contributed by atoms with Crippen molar-refractivity contribution >= 4 is 11.8 Å². The van der Waals surface area contributed by atoms with Crippen molar-refractivity contribution in [3.05, 3.63) is 23.0 Å². The van der Waals surface area contributed by atoms with Gasteiger partial charge in [0, 0.05) is 11.3 Å². The normalized spacial score (nSPS) is 43.7. The van der Waals surface area contributed by atoms with E-state index in [-0.39, 0.29) is 29.3 Å². The largest absolute Gasteiger partial charge is 0.485 e. The Balaban J connectivity index is 1.90. The highest BCUT2D eigenvalue weighted by atomic mass is 16.6. The molecule has 22 heavy (non-hydrogen) atoms. The van der Waals surface area contributed by atoms with Gasteiger partial charge in [-0.05, 0) is 38.2 Å². The maximum Gasteiger partial charge on any atom is 0.346 e. The van der Waals surface area contributed by atoms with Crippen LogP contribution in [0.25, 0.3) is 0 Å². The first kappa shape index (κ1) is 14.0. The summed E-state index contributed by atoms with van der Waals surface area (Å²) in [6, 6.07) is 0. The lowest BCUT2D eigenvalue weighted by Crippen LogP contribution is -2.50. The van der Waals surface area contributed by atoms with Crippen LogP contribution in [0, 0.1) is 17.3 Å². The second-order valence-corrected chi connectivity index (χ2v) is 7.31. The lowest BCUT2D eigenvalue weighted by molar-refractivity contribution is -0.145. The predicted octanol–water partition coefficient (Wildman–Crippen LogP) is 2.93. The molecular weight excluding hydrogens is 280 g/mol. The van der Waals surface area contributed by atoms with Crippen LogP contribution in [0.2, 0.25) is 0 Å². The van der Waals surface area contributed by atoms with Crippen molar-refractivity contribution in [3.8, 4) is 0 Å². The third kappa shape index (κ3) is 1.58. The number of ketones is 1. The standard InChI is InChI=1S/C18H22O4/c1-9-13-8-11-6-4-5-7-12(11)18(9,3)16(19)14-15(22-13)10(2)21-17(14)20/h8-10,12-13H,4-7H2,1-3H3/t9-,10?,12-,13-,18-/m1/s1. The highest BCUT2D eigenvalue weighted by Crippen LogP contribution is 2.55. The van der Waals surface area contributed by atoms with E-state index >= 15 is 0 Å². The zero-order valence-corrected chi connectivity index (χ0v) is 13.3. The van der Waals surface area contributed by atoms with Gasteiger partial charge in [-0.1, -0.05) is 25.8 Å². The highest BCUT2D eigenvalue weighted by molar-refractivity contribution is 6.21. The molecule has 1 saturated carbocycles. The van der Waals surface area contributed by atoms with Gasteiger partial charge in [-0.15, -0.1) is 0 Å². The molecule has 4 heteroatoms. The van der Waals surface area contributed by atoms with Gasteiger partial charge < -0.3 is 9.47 Å². The molecule has 0 N–H and O–H groups in total. The summed E-state index contributed by atoms with van der Waals surface area (Å²) >= 11 is 0. The quantitative estimate of drug-likeness (QED) is 0.392. The van der Waals surface area contributed by atoms with Crippen molar-refractivity contribution < 1.29 is 19.1 Å². The molecular formula is C18H22O4. The topological polar surface area (TPSA) is 52.6 Å². The number of carbonyl (C=O) groups excluding carboxylic acids is 2. The molecule has 0 spiro atoms. The number of ether oxygens (including phenoxy) is 2. The first-order valence-corrected chi connectivity index (χ1v) is 8.31. The molecule has 0 aromatic carbocycles. The summed E-state index contributed by atoms with van der Waals surface area (Å²) in [5.74, 6) is 0.179. The number of Topliss-reactive ketones (excluding diaryl/α,β-unsaturated/α-hetero) is 1. The summed E-state index contributed by atoms with van der Waals surface area (Å²) in [5.41, 5.74) is 0.965. The molecule has 0 aromatic rings. The second-order valence-electron chi connectivity index (χ2n) is 7.31. The predicted molar refractivity (Wildman–Crippen MR) is 79.8 cm³/mol. The summed E-state index contributed by atoms with van der Waals surface area (Å²) in [4.78, 5) is 25.5. The third-order valence-corrected chi connectivity index (χ3v) is 6.28. The highest BCUT2D eigenvalue weighted by Gasteiger charge is 2.58. The molecule has 5 atom stereocenters. The molecule has 2 aliphatic heterocycles. The molecule has 0 radical (unpaired) electrons. The van der Waals surface area contributed by atoms with E-state index in [1.165, 1.54) is 12.0 Å². The van der Waals surface area contributed by atoms with Gasteiger partial charge in [-0.25, -0.2) is 4.79 Å². The second kappa shape index (κ2) is 4.46. The van der Waals surface area contributed by atoms with Crippen LogP contribution in [0.5, 0.6) is 0 Å². The van der Waals surface area contributed by atoms with Crippen molar-refractivity contribution in [1.29, 1.82) is 0 Å². The van der Waals surface area contributed by atoms with Gasteiger partial charge in [0.2, 0.25) is 0 Å². The van der Waals surface area contributed by atoms with Crippen LogP contribution in [-0.4, -0.2) is 24.0 Å². The molecule has 2 bridgehead atoms. The number of allylic oxidation sites excluding steroid dienone is 1. The Labute approximate surface area is 130 Å². The summed E-state index contributed by atoms with van der Waals surface area (Å²) in [6.07, 6.45) is 6.03. The lowest BCUT2D eigenvalue weighted by atomic mass is 9.55. The minimum atomic E-state index is -0.560. The van der Waals surface area contributed by atoms with Crippen molar-refractivity contribution in [2.75, 3.05) is 0 Å². The Bertz CT molecular complexity index is 629. The Morgan fingerprint density at radius 3 is 2.73 bits per heavy atom. The van der Waals surface area contributed by atoms with Gasteiger partial charge in [0.25, 0.3) is 0 Å². The van der Waals surface area contributed by atoms with E-state index in [9.17, 15) is 9.59 Å². The van der Waals surface area contributed by atoms with Crippen LogP contribution in [0.1, 0.15) is 46.5 Å². The summed E-state index contributed by atoms with van der Waals surface area (Å²) in [6.45, 7) is 5.89. The molecule has 2 aliphatic carbocycles. The summed E-state index contributed by atoms with van der Waals surface area (Å²) in [5, 5.41) is 0. The van der Waals surface area contributed by atoms with E-state index in [0.717, 1.165) is 19.3 Å². The van der Waals surface area contributed by atoms with Gasteiger partial charge in [0.15, 0.2) is 17.6 Å². The van der Waals surface area contributed by atoms with Crippen molar-refractivity contribution in [1.82, 2.24) is 0 Å². The number of fused-ring (bicyclic) bond motifs is 4. The van der Waals surface area contributed by atoms with Crippen LogP contribution in [0.4, 0.5) is 0 Å². The number of carbonyl (C=O) groups is 2. The minimum absolute atomic E-state index is 0.0654. The Morgan fingerprint density at radius 2 is 1.95 bits per heavy atom. The molecule has 2 heterocycles. The van der Waals surface area contributed by atoms with Gasteiger partial charge in [0.05, 0.1) is 0 Å². The Kier molecular flexibility index (Phi) is 2.85. The smallest absolute Gasteiger partial charge is 0.346 e. The molecule has 1 unspecified atom stereocenters. The SMILES string of the molecule is CC1OC(=O)C2=C1O[C@@H]1C=C3CCCC[C@H]3[C@](C)(C2=O)[C@@H]1C. The van der Waals surface area contributed by atoms with Crippen LogP contribution in [0.15, 0.2) is 23.0 Å². The number of hydrogen-bond acceptors (Lipinski definition) is 4. The van der Waals surface area contributed by atoms with Gasteiger partial charge in [-0.2, -0.15) is 0 Å². The van der Waals surface area contributed by atoms with Crippen molar-refractivity contribution in [2.24, 2.45) is 17.3 Å². The van der Waals surface area contributed by atoms with Gasteiger partial charge in [-0.3, -0.25) is 4.79 Å². The molecule has 1 fully saturated rings. The van der Waals surface area contributed by atoms with E-state index in [1.54, 1.807) is 6.92 Å². The zero-order valence-electron chi connectivity index (χ0n) is 13.3. The average molecular weight is 302 g/mol. The molecule has 0 amide bonds. The van der Waals surface area contributed by atoms with E-state index in [0.29, 0.717) is 5.76 Å². The van der Waals surface area contributed by atoms with Crippen LogP contribution in [0.3, 0.4) is 0 Å². The molecule has 4 nitrogen and oxygen atoms in total. The fourth-order valence-corrected chi connectivity index (χ4v) is 4.79. The minimum Gasteiger partial charge on any atom is -0.485 e. The molecule has 0 aromatic heterocycles. The molecule has 4 aliphatic rings. The van der Waals surface area contributed by atoms with Crippen molar-refractivity contribution in [2.45, 2.75) is 58.7 Å². The van der Waals surface area contributed by atoms with Crippen LogP contribution < -0.4 is 0 Å². The number of hydrogen-bond donors (Lipinski definition) is 0.